The van der Waals surface area contributed by atoms with E-state index in [4.69, 9.17) is 4.74 Å². The first-order valence-electron chi connectivity index (χ1n) is 5.77. The van der Waals surface area contributed by atoms with Gasteiger partial charge in [-0.3, -0.25) is 0 Å². The van der Waals surface area contributed by atoms with Crippen molar-refractivity contribution in [2.24, 2.45) is 7.05 Å². The summed E-state index contributed by atoms with van der Waals surface area (Å²) in [5.41, 5.74) is 1.13. The molecule has 1 aromatic carbocycles. The molecule has 1 unspecified atom stereocenters. The summed E-state index contributed by atoms with van der Waals surface area (Å²) in [4.78, 5) is 0. The van der Waals surface area contributed by atoms with Gasteiger partial charge in [-0.1, -0.05) is 12.1 Å². The number of ether oxygens (including phenoxy) is 1. The number of benzene rings is 1. The second-order valence-electron chi connectivity index (χ2n) is 4.05. The van der Waals surface area contributed by atoms with E-state index in [-0.39, 0.29) is 5.92 Å². The molecule has 2 aromatic rings. The van der Waals surface area contributed by atoms with E-state index in [1.807, 2.05) is 32.3 Å². The molecule has 1 heterocycles. The fourth-order valence-corrected chi connectivity index (χ4v) is 1.95. The predicted octanol–water partition coefficient (Wildman–Crippen LogP) is 0.570. The van der Waals surface area contributed by atoms with Gasteiger partial charge in [-0.25, -0.2) is 4.68 Å². The molecular formula is C12H17N5O. The summed E-state index contributed by atoms with van der Waals surface area (Å²) in [7, 11) is 5.42. The SMILES string of the molecule is CNCC(c1cccc(OC)c1)c1nnnn1C. The lowest BCUT2D eigenvalue weighted by atomic mass is 9.98. The monoisotopic (exact) mass is 247 g/mol. The van der Waals surface area contributed by atoms with Crippen molar-refractivity contribution in [1.29, 1.82) is 0 Å². The van der Waals surface area contributed by atoms with E-state index in [1.165, 1.54) is 0 Å². The number of tetrazole rings is 1. The Kier molecular flexibility index (Phi) is 3.88. The minimum Gasteiger partial charge on any atom is -0.497 e. The van der Waals surface area contributed by atoms with Gasteiger partial charge in [-0.2, -0.15) is 0 Å². The normalized spacial score (nSPS) is 12.4. The number of methoxy groups -OCH3 is 1. The van der Waals surface area contributed by atoms with Gasteiger partial charge in [-0.15, -0.1) is 5.10 Å². The molecule has 96 valence electrons. The summed E-state index contributed by atoms with van der Waals surface area (Å²) in [5, 5.41) is 14.8. The molecule has 2 rings (SSSR count). The van der Waals surface area contributed by atoms with E-state index in [0.29, 0.717) is 0 Å². The number of nitrogens with one attached hydrogen (secondary N) is 1. The van der Waals surface area contributed by atoms with Crippen LogP contribution in [0.25, 0.3) is 0 Å². The van der Waals surface area contributed by atoms with E-state index >= 15 is 0 Å². The number of hydrogen-bond donors (Lipinski definition) is 1. The molecule has 0 aliphatic heterocycles. The van der Waals surface area contributed by atoms with Crippen LogP contribution < -0.4 is 10.1 Å². The molecule has 0 amide bonds. The van der Waals surface area contributed by atoms with Gasteiger partial charge in [0.2, 0.25) is 0 Å². The van der Waals surface area contributed by atoms with Gasteiger partial charge in [0, 0.05) is 13.6 Å². The first-order chi connectivity index (χ1) is 8.76. The third-order valence-corrected chi connectivity index (χ3v) is 2.87. The summed E-state index contributed by atoms with van der Waals surface area (Å²) in [5.74, 6) is 1.77. The van der Waals surface area contributed by atoms with Crippen molar-refractivity contribution in [3.63, 3.8) is 0 Å². The number of likely N-dealkylation sites (N-methyl/N-ethyl adjacent to an activating group) is 1. The first kappa shape index (κ1) is 12.5. The van der Waals surface area contributed by atoms with Crippen LogP contribution in [0.5, 0.6) is 5.75 Å². The zero-order valence-corrected chi connectivity index (χ0v) is 10.8. The summed E-state index contributed by atoms with van der Waals surface area (Å²) >= 11 is 0. The average Bonchev–Trinajstić information content (AvgIpc) is 2.82. The van der Waals surface area contributed by atoms with Crippen LogP contribution in [0, 0.1) is 0 Å². The van der Waals surface area contributed by atoms with Gasteiger partial charge < -0.3 is 10.1 Å². The van der Waals surface area contributed by atoms with E-state index in [1.54, 1.807) is 11.8 Å². The van der Waals surface area contributed by atoms with Gasteiger partial charge in [0.1, 0.15) is 5.75 Å². The van der Waals surface area contributed by atoms with Crippen LogP contribution >= 0.6 is 0 Å². The Morgan fingerprint density at radius 3 is 2.89 bits per heavy atom. The summed E-state index contributed by atoms with van der Waals surface area (Å²) in [6.07, 6.45) is 0. The van der Waals surface area contributed by atoms with Crippen molar-refractivity contribution in [1.82, 2.24) is 25.5 Å². The lowest BCUT2D eigenvalue weighted by Crippen LogP contribution is -2.21. The van der Waals surface area contributed by atoms with Gasteiger partial charge in [0.15, 0.2) is 5.82 Å². The number of aryl methyl sites for hydroxylation is 1. The maximum Gasteiger partial charge on any atom is 0.159 e. The molecule has 0 radical (unpaired) electrons. The van der Waals surface area contributed by atoms with Crippen molar-refractivity contribution < 1.29 is 4.74 Å². The second kappa shape index (κ2) is 5.59. The highest BCUT2D eigenvalue weighted by atomic mass is 16.5. The number of nitrogens with zero attached hydrogens (tertiary/aromatic N) is 4. The van der Waals surface area contributed by atoms with Crippen molar-refractivity contribution >= 4 is 0 Å². The minimum absolute atomic E-state index is 0.102. The highest BCUT2D eigenvalue weighted by Crippen LogP contribution is 2.24. The standard InChI is InChI=1S/C12H17N5O/c1-13-8-11(12-14-15-16-17(12)2)9-5-4-6-10(7-9)18-3/h4-7,11,13H,8H2,1-3H3. The fraction of sp³-hybridized carbons (Fsp3) is 0.417. The molecule has 1 atom stereocenters. The van der Waals surface area contributed by atoms with Crippen LogP contribution in [0.1, 0.15) is 17.3 Å². The van der Waals surface area contributed by atoms with E-state index in [2.05, 4.69) is 26.9 Å². The van der Waals surface area contributed by atoms with E-state index < -0.39 is 0 Å². The van der Waals surface area contributed by atoms with Gasteiger partial charge in [0.25, 0.3) is 0 Å². The zero-order chi connectivity index (χ0) is 13.0. The molecule has 1 aromatic heterocycles. The lowest BCUT2D eigenvalue weighted by molar-refractivity contribution is 0.414. The van der Waals surface area contributed by atoms with E-state index in [0.717, 1.165) is 23.7 Å². The molecule has 0 spiro atoms. The molecule has 0 fully saturated rings. The Morgan fingerprint density at radius 1 is 1.44 bits per heavy atom. The van der Waals surface area contributed by atoms with Crippen LogP contribution in [-0.4, -0.2) is 40.9 Å². The Morgan fingerprint density at radius 2 is 2.28 bits per heavy atom. The van der Waals surface area contributed by atoms with Crippen molar-refractivity contribution in [3.05, 3.63) is 35.7 Å². The largest absolute Gasteiger partial charge is 0.497 e. The smallest absolute Gasteiger partial charge is 0.159 e. The van der Waals surface area contributed by atoms with Gasteiger partial charge in [-0.05, 0) is 35.2 Å². The maximum atomic E-state index is 5.25. The molecule has 0 aliphatic carbocycles. The maximum absolute atomic E-state index is 5.25. The number of rotatable bonds is 5. The number of hydrogen-bond acceptors (Lipinski definition) is 5. The first-order valence-corrected chi connectivity index (χ1v) is 5.77. The molecule has 1 N–H and O–H groups in total. The van der Waals surface area contributed by atoms with Gasteiger partial charge in [0.05, 0.1) is 13.0 Å². The Balaban J connectivity index is 2.38. The molecule has 6 nitrogen and oxygen atoms in total. The minimum atomic E-state index is 0.102. The van der Waals surface area contributed by atoms with E-state index in [9.17, 15) is 0 Å². The average molecular weight is 247 g/mol. The van der Waals surface area contributed by atoms with Crippen molar-refractivity contribution in [2.75, 3.05) is 20.7 Å². The summed E-state index contributed by atoms with van der Waals surface area (Å²) < 4.78 is 6.95. The Hall–Kier alpha value is -1.95. The van der Waals surface area contributed by atoms with Gasteiger partial charge >= 0.3 is 0 Å². The topological polar surface area (TPSA) is 64.9 Å². The zero-order valence-electron chi connectivity index (χ0n) is 10.8. The van der Waals surface area contributed by atoms with Crippen LogP contribution in [0.4, 0.5) is 0 Å². The third-order valence-electron chi connectivity index (χ3n) is 2.87. The lowest BCUT2D eigenvalue weighted by Gasteiger charge is -2.16. The molecular weight excluding hydrogens is 230 g/mol. The second-order valence-corrected chi connectivity index (χ2v) is 4.05. The Bertz CT molecular complexity index is 511. The quantitative estimate of drug-likeness (QED) is 0.836. The molecule has 0 aliphatic rings. The summed E-state index contributed by atoms with van der Waals surface area (Å²) in [6, 6.07) is 7.96. The molecule has 18 heavy (non-hydrogen) atoms. The van der Waals surface area contributed by atoms with Crippen molar-refractivity contribution in [2.45, 2.75) is 5.92 Å². The molecule has 0 bridgehead atoms. The highest BCUT2D eigenvalue weighted by molar-refractivity contribution is 5.33. The highest BCUT2D eigenvalue weighted by Gasteiger charge is 2.19. The predicted molar refractivity (Wildman–Crippen MR) is 67.6 cm³/mol. The number of aromatic nitrogens is 4. The Labute approximate surface area is 106 Å². The fourth-order valence-electron chi connectivity index (χ4n) is 1.95. The molecule has 0 saturated heterocycles. The molecule has 0 saturated carbocycles. The molecule has 6 heteroatoms. The van der Waals surface area contributed by atoms with Crippen LogP contribution in [0.3, 0.4) is 0 Å². The third kappa shape index (κ3) is 2.48. The van der Waals surface area contributed by atoms with Crippen molar-refractivity contribution in [3.8, 4) is 5.75 Å². The van der Waals surface area contributed by atoms with Crippen LogP contribution in [0.2, 0.25) is 0 Å². The van der Waals surface area contributed by atoms with Crippen LogP contribution in [0.15, 0.2) is 24.3 Å². The summed E-state index contributed by atoms with van der Waals surface area (Å²) in [6.45, 7) is 0.765. The van der Waals surface area contributed by atoms with Crippen LogP contribution in [-0.2, 0) is 7.05 Å².